The van der Waals surface area contributed by atoms with Crippen LogP contribution in [0.5, 0.6) is 0 Å². The molecule has 0 aliphatic carbocycles. The summed E-state index contributed by atoms with van der Waals surface area (Å²) < 4.78 is 5.52. The molecule has 0 saturated carbocycles. The number of esters is 1. The van der Waals surface area contributed by atoms with Crippen LogP contribution in [-0.4, -0.2) is 52.0 Å². The Morgan fingerprint density at radius 2 is 1.91 bits per heavy atom. The molecule has 1 aromatic heterocycles. The second-order valence-corrected chi connectivity index (χ2v) is 8.22. The summed E-state index contributed by atoms with van der Waals surface area (Å²) in [7, 11) is 0. The maximum absolute atomic E-state index is 13.1. The normalized spacial score (nSPS) is 23.2. The van der Waals surface area contributed by atoms with Crippen molar-refractivity contribution in [2.45, 2.75) is 57.5 Å². The number of aryl methyl sites for hydroxylation is 1. The van der Waals surface area contributed by atoms with Gasteiger partial charge in [0, 0.05) is 30.4 Å². The van der Waals surface area contributed by atoms with E-state index < -0.39 is 5.41 Å². The molecule has 1 amide bonds. The van der Waals surface area contributed by atoms with Crippen LogP contribution in [0.1, 0.15) is 43.9 Å². The van der Waals surface area contributed by atoms with Gasteiger partial charge in [-0.15, -0.1) is 0 Å². The Balaban J connectivity index is 0.000000913. The van der Waals surface area contributed by atoms with Gasteiger partial charge in [0.15, 0.2) is 0 Å². The molecule has 3 heterocycles. The molecule has 0 unspecified atom stereocenters. The minimum absolute atomic E-state index is 0.0806. The van der Waals surface area contributed by atoms with Gasteiger partial charge in [0.05, 0.1) is 12.0 Å². The van der Waals surface area contributed by atoms with Crippen LogP contribution in [0, 0.1) is 5.41 Å². The molecular formula is C25H30N2O5. The van der Waals surface area contributed by atoms with E-state index in [1.807, 2.05) is 48.2 Å². The van der Waals surface area contributed by atoms with E-state index in [1.165, 1.54) is 0 Å². The average Bonchev–Trinajstić information content (AvgIpc) is 3.36. The number of fused-ring (bicyclic) bond motifs is 2. The molecule has 7 nitrogen and oxygen atoms in total. The summed E-state index contributed by atoms with van der Waals surface area (Å²) in [5.74, 6) is -0.0269. The lowest BCUT2D eigenvalue weighted by Gasteiger charge is -2.35. The number of hydrogen-bond donors (Lipinski definition) is 1. The third kappa shape index (κ3) is 4.98. The predicted octanol–water partition coefficient (Wildman–Crippen LogP) is 3.27. The zero-order valence-corrected chi connectivity index (χ0v) is 18.4. The molecule has 1 aromatic carbocycles. The largest absolute Gasteiger partial charge is 0.483 e. The van der Waals surface area contributed by atoms with E-state index in [4.69, 9.17) is 14.6 Å². The number of pyridine rings is 1. The van der Waals surface area contributed by atoms with Gasteiger partial charge in [-0.25, -0.2) is 0 Å². The minimum Gasteiger partial charge on any atom is -0.483 e. The van der Waals surface area contributed by atoms with Gasteiger partial charge in [-0.1, -0.05) is 36.4 Å². The Morgan fingerprint density at radius 1 is 1.19 bits per heavy atom. The maximum Gasteiger partial charge on any atom is 0.314 e. The lowest BCUT2D eigenvalue weighted by Crippen LogP contribution is -2.47. The summed E-state index contributed by atoms with van der Waals surface area (Å²) in [6.07, 6.45) is 5.96. The molecule has 2 aromatic rings. The lowest BCUT2D eigenvalue weighted by molar-refractivity contribution is -0.158. The first-order chi connectivity index (χ1) is 15.6. The van der Waals surface area contributed by atoms with Crippen LogP contribution in [0.3, 0.4) is 0 Å². The molecule has 2 bridgehead atoms. The highest BCUT2D eigenvalue weighted by molar-refractivity contribution is 5.84. The number of amides is 1. The van der Waals surface area contributed by atoms with Gasteiger partial charge in [0.2, 0.25) is 5.91 Å². The van der Waals surface area contributed by atoms with Crippen LogP contribution in [0.4, 0.5) is 0 Å². The number of carboxylic acid groups (broad SMARTS) is 1. The van der Waals surface area contributed by atoms with Gasteiger partial charge in [-0.3, -0.25) is 19.4 Å². The second-order valence-electron chi connectivity index (χ2n) is 8.22. The Hall–Kier alpha value is -3.22. The minimum atomic E-state index is -0.638. The van der Waals surface area contributed by atoms with Crippen LogP contribution in [0.25, 0.3) is 0 Å². The highest BCUT2D eigenvalue weighted by Crippen LogP contribution is 2.52. The van der Waals surface area contributed by atoms with Crippen molar-refractivity contribution in [3.63, 3.8) is 0 Å². The maximum atomic E-state index is 13.1. The smallest absolute Gasteiger partial charge is 0.314 e. The highest BCUT2D eigenvalue weighted by Gasteiger charge is 2.61. The first-order valence-corrected chi connectivity index (χ1v) is 11.1. The van der Waals surface area contributed by atoms with Crippen LogP contribution in [0.2, 0.25) is 0 Å². The molecular weight excluding hydrogens is 408 g/mol. The predicted molar refractivity (Wildman–Crippen MR) is 119 cm³/mol. The van der Waals surface area contributed by atoms with Crippen molar-refractivity contribution in [1.82, 2.24) is 9.88 Å². The van der Waals surface area contributed by atoms with E-state index in [0.29, 0.717) is 32.3 Å². The number of hydrogen-bond acceptors (Lipinski definition) is 5. The van der Waals surface area contributed by atoms with Crippen molar-refractivity contribution in [3.8, 4) is 0 Å². The van der Waals surface area contributed by atoms with E-state index in [-0.39, 0.29) is 30.4 Å². The molecule has 2 saturated heterocycles. The van der Waals surface area contributed by atoms with Gasteiger partial charge in [0.1, 0.15) is 0 Å². The zero-order valence-electron chi connectivity index (χ0n) is 18.4. The summed E-state index contributed by atoms with van der Waals surface area (Å²) >= 11 is 0. The molecule has 0 radical (unpaired) electrons. The topological polar surface area (TPSA) is 96.8 Å². The Bertz CT molecular complexity index is 905. The summed E-state index contributed by atoms with van der Waals surface area (Å²) in [5, 5.41) is 6.89. The molecule has 2 aliphatic rings. The molecule has 2 fully saturated rings. The molecule has 3 atom stereocenters. The monoisotopic (exact) mass is 438 g/mol. The summed E-state index contributed by atoms with van der Waals surface area (Å²) in [4.78, 5) is 41.0. The van der Waals surface area contributed by atoms with Crippen molar-refractivity contribution in [3.05, 3.63) is 66.0 Å². The van der Waals surface area contributed by atoms with E-state index in [9.17, 15) is 9.59 Å². The third-order valence-corrected chi connectivity index (χ3v) is 6.39. The number of aromatic nitrogens is 1. The van der Waals surface area contributed by atoms with E-state index >= 15 is 0 Å². The van der Waals surface area contributed by atoms with Gasteiger partial charge in [0.25, 0.3) is 6.47 Å². The molecule has 4 rings (SSSR count). The van der Waals surface area contributed by atoms with E-state index in [0.717, 1.165) is 24.1 Å². The zero-order chi connectivity index (χ0) is 23.0. The second kappa shape index (κ2) is 10.9. The van der Waals surface area contributed by atoms with Gasteiger partial charge in [-0.2, -0.15) is 0 Å². The quantitative estimate of drug-likeness (QED) is 0.526. The van der Waals surface area contributed by atoms with Crippen molar-refractivity contribution >= 4 is 18.3 Å². The van der Waals surface area contributed by atoms with Gasteiger partial charge >= 0.3 is 5.97 Å². The first-order valence-electron chi connectivity index (χ1n) is 11.1. The number of nitrogens with zero attached hydrogens (tertiary/aromatic N) is 2. The number of carbonyl (C=O) groups excluding carboxylic acids is 2. The van der Waals surface area contributed by atoms with Crippen molar-refractivity contribution in [1.29, 1.82) is 0 Å². The fourth-order valence-corrected chi connectivity index (χ4v) is 5.19. The van der Waals surface area contributed by atoms with Crippen molar-refractivity contribution in [2.24, 2.45) is 5.41 Å². The summed E-state index contributed by atoms with van der Waals surface area (Å²) in [5.41, 5.74) is 1.41. The van der Waals surface area contributed by atoms with Crippen LogP contribution in [0.15, 0.2) is 54.7 Å². The molecule has 170 valence electrons. The number of rotatable bonds is 7. The standard InChI is InChI=1S/C24H28N2O3.CH2O2/c1-2-29-23(28)24(16-18-8-4-3-5-9-18)17-20-12-13-21(24)26(20)22(27)14-11-19-10-6-7-15-25-19;2-1-3/h3-10,15,20-21H,2,11-14,16-17H2,1H3;1H,(H,2,3)/t20-,21+,24+;/m1./s1. The molecule has 32 heavy (non-hydrogen) atoms. The fourth-order valence-electron chi connectivity index (χ4n) is 5.19. The SMILES string of the molecule is CCOC(=O)[C@@]1(Cc2ccccc2)C[C@H]2CC[C@@H]1N2C(=O)CCc1ccccn1.O=CO. The Morgan fingerprint density at radius 3 is 2.56 bits per heavy atom. The average molecular weight is 439 g/mol. The molecule has 7 heteroatoms. The molecule has 2 aliphatic heterocycles. The van der Waals surface area contributed by atoms with Crippen LogP contribution in [-0.2, 0) is 32.0 Å². The lowest BCUT2D eigenvalue weighted by atomic mass is 9.70. The number of ether oxygens (including phenoxy) is 1. The molecule has 0 spiro atoms. The Labute approximate surface area is 188 Å². The summed E-state index contributed by atoms with van der Waals surface area (Å²) in [6.45, 7) is 1.96. The number of carbonyl (C=O) groups is 3. The summed E-state index contributed by atoms with van der Waals surface area (Å²) in [6, 6.07) is 15.9. The third-order valence-electron chi connectivity index (χ3n) is 6.39. The van der Waals surface area contributed by atoms with E-state index in [2.05, 4.69) is 17.1 Å². The highest BCUT2D eigenvalue weighted by atomic mass is 16.5. The van der Waals surface area contributed by atoms with Crippen LogP contribution < -0.4 is 0 Å². The number of benzene rings is 1. The fraction of sp³-hybridized carbons (Fsp3) is 0.440. The van der Waals surface area contributed by atoms with Gasteiger partial charge in [-0.05, 0) is 56.7 Å². The Kier molecular flexibility index (Phi) is 7.98. The van der Waals surface area contributed by atoms with E-state index in [1.54, 1.807) is 6.20 Å². The van der Waals surface area contributed by atoms with Crippen molar-refractivity contribution < 1.29 is 24.2 Å². The van der Waals surface area contributed by atoms with Gasteiger partial charge < -0.3 is 14.7 Å². The van der Waals surface area contributed by atoms with Crippen molar-refractivity contribution in [2.75, 3.05) is 6.61 Å². The molecule has 1 N–H and O–H groups in total. The first kappa shape index (κ1) is 23.4. The van der Waals surface area contributed by atoms with Crippen LogP contribution >= 0.6 is 0 Å².